The van der Waals surface area contributed by atoms with Crippen LogP contribution >= 0.6 is 0 Å². The van der Waals surface area contributed by atoms with Gasteiger partial charge in [0, 0.05) is 12.1 Å². The Bertz CT molecular complexity index is 714. The predicted octanol–water partition coefficient (Wildman–Crippen LogP) is 0.955. The molecular formula is C12H8O7. The van der Waals surface area contributed by atoms with E-state index in [0.717, 1.165) is 6.07 Å². The van der Waals surface area contributed by atoms with Gasteiger partial charge >= 0.3 is 11.9 Å². The zero-order chi connectivity index (χ0) is 14.0. The molecule has 2 N–H and O–H groups in total. The molecule has 0 saturated heterocycles. The van der Waals surface area contributed by atoms with E-state index in [2.05, 4.69) is 0 Å². The van der Waals surface area contributed by atoms with Gasteiger partial charge in [-0.25, -0.2) is 9.59 Å². The molecule has 0 aliphatic carbocycles. The van der Waals surface area contributed by atoms with Gasteiger partial charge in [-0.1, -0.05) is 0 Å². The molecule has 0 spiro atoms. The van der Waals surface area contributed by atoms with Crippen molar-refractivity contribution in [2.45, 2.75) is 0 Å². The van der Waals surface area contributed by atoms with Crippen molar-refractivity contribution in [1.29, 1.82) is 0 Å². The van der Waals surface area contributed by atoms with Crippen LogP contribution in [0.1, 0.15) is 10.6 Å². The first-order chi connectivity index (χ1) is 8.97. The number of aliphatic carboxylic acids is 1. The second-order valence-electron chi connectivity index (χ2n) is 3.62. The summed E-state index contributed by atoms with van der Waals surface area (Å²) in [7, 11) is 0. The number of carboxylic acids is 2. The van der Waals surface area contributed by atoms with Crippen molar-refractivity contribution in [3.8, 4) is 5.75 Å². The van der Waals surface area contributed by atoms with E-state index in [1.54, 1.807) is 0 Å². The van der Waals surface area contributed by atoms with Crippen molar-refractivity contribution < 1.29 is 29.0 Å². The summed E-state index contributed by atoms with van der Waals surface area (Å²) in [4.78, 5) is 32.7. The van der Waals surface area contributed by atoms with Gasteiger partial charge < -0.3 is 19.4 Å². The molecule has 19 heavy (non-hydrogen) atoms. The van der Waals surface area contributed by atoms with Gasteiger partial charge in [0.15, 0.2) is 12.0 Å². The lowest BCUT2D eigenvalue weighted by Gasteiger charge is -2.04. The van der Waals surface area contributed by atoms with Gasteiger partial charge in [0.05, 0.1) is 5.39 Å². The number of rotatable bonds is 4. The number of hydrogen-bond donors (Lipinski definition) is 2. The molecule has 1 heterocycles. The fraction of sp³-hybridized carbons (Fsp3) is 0.0833. The van der Waals surface area contributed by atoms with Crippen molar-refractivity contribution in [2.75, 3.05) is 6.61 Å². The van der Waals surface area contributed by atoms with E-state index in [1.807, 2.05) is 0 Å². The van der Waals surface area contributed by atoms with Gasteiger partial charge in [-0.05, 0) is 12.1 Å². The van der Waals surface area contributed by atoms with Crippen LogP contribution in [0.25, 0.3) is 11.0 Å². The molecule has 2 aromatic rings. The maximum Gasteiger partial charge on any atom is 0.371 e. The Morgan fingerprint density at radius 1 is 1.21 bits per heavy atom. The zero-order valence-electron chi connectivity index (χ0n) is 9.45. The number of ether oxygens (including phenoxy) is 1. The number of aromatic carboxylic acids is 1. The topological polar surface area (TPSA) is 114 Å². The zero-order valence-corrected chi connectivity index (χ0v) is 9.45. The summed E-state index contributed by atoms with van der Waals surface area (Å²) in [5.74, 6) is -2.84. The van der Waals surface area contributed by atoms with E-state index >= 15 is 0 Å². The third-order valence-corrected chi connectivity index (χ3v) is 2.27. The molecule has 98 valence electrons. The molecular weight excluding hydrogens is 256 g/mol. The molecule has 0 saturated carbocycles. The molecule has 1 aromatic heterocycles. The standard InChI is InChI=1S/C12H8O7/c13-8-4-10(12(16)17)19-9-3-6(1-2-7(8)9)18-5-11(14)15/h1-4H,5H2,(H,14,15)(H,16,17). The molecule has 0 bridgehead atoms. The summed E-state index contributed by atoms with van der Waals surface area (Å²) in [6.45, 7) is -0.547. The molecule has 0 fully saturated rings. The van der Waals surface area contributed by atoms with Crippen LogP contribution in [0.15, 0.2) is 33.5 Å². The minimum absolute atomic E-state index is 0.0211. The van der Waals surface area contributed by atoms with E-state index in [0.29, 0.717) is 0 Å². The summed E-state index contributed by atoms with van der Waals surface area (Å²) in [6.07, 6.45) is 0. The lowest BCUT2D eigenvalue weighted by Crippen LogP contribution is -2.10. The van der Waals surface area contributed by atoms with Gasteiger partial charge in [0.25, 0.3) is 0 Å². The monoisotopic (exact) mass is 264 g/mol. The minimum atomic E-state index is -1.36. The number of carbonyl (C=O) groups is 2. The van der Waals surface area contributed by atoms with Crippen LogP contribution in [-0.4, -0.2) is 28.8 Å². The average Bonchev–Trinajstić information content (AvgIpc) is 2.35. The van der Waals surface area contributed by atoms with Gasteiger partial charge in [-0.15, -0.1) is 0 Å². The van der Waals surface area contributed by atoms with Crippen molar-refractivity contribution >= 4 is 22.9 Å². The Morgan fingerprint density at radius 2 is 1.95 bits per heavy atom. The van der Waals surface area contributed by atoms with Gasteiger partial charge in [0.2, 0.25) is 5.76 Å². The smallest absolute Gasteiger partial charge is 0.371 e. The molecule has 0 atom stereocenters. The van der Waals surface area contributed by atoms with Crippen LogP contribution in [-0.2, 0) is 4.79 Å². The van der Waals surface area contributed by atoms with Gasteiger partial charge in [0.1, 0.15) is 11.3 Å². The normalized spacial score (nSPS) is 10.3. The largest absolute Gasteiger partial charge is 0.482 e. The summed E-state index contributed by atoms with van der Waals surface area (Å²) in [5.41, 5.74) is -0.476. The van der Waals surface area contributed by atoms with Crippen LogP contribution in [0.3, 0.4) is 0 Å². The van der Waals surface area contributed by atoms with E-state index in [1.165, 1.54) is 18.2 Å². The Kier molecular flexibility index (Phi) is 3.19. The summed E-state index contributed by atoms with van der Waals surface area (Å²) < 4.78 is 9.93. The quantitative estimate of drug-likeness (QED) is 0.844. The molecule has 7 nitrogen and oxygen atoms in total. The Hall–Kier alpha value is -2.83. The fourth-order valence-corrected chi connectivity index (χ4v) is 1.48. The maximum absolute atomic E-state index is 11.6. The lowest BCUT2D eigenvalue weighted by molar-refractivity contribution is -0.139. The molecule has 0 unspecified atom stereocenters. The van der Waals surface area contributed by atoms with Crippen LogP contribution in [0.2, 0.25) is 0 Å². The van der Waals surface area contributed by atoms with Crippen molar-refractivity contribution in [3.05, 3.63) is 40.2 Å². The van der Waals surface area contributed by atoms with Gasteiger partial charge in [-0.3, -0.25) is 4.79 Å². The van der Waals surface area contributed by atoms with Crippen LogP contribution < -0.4 is 10.2 Å². The van der Waals surface area contributed by atoms with Crippen molar-refractivity contribution in [2.24, 2.45) is 0 Å². The summed E-state index contributed by atoms with van der Waals surface area (Å²) in [5, 5.41) is 17.4. The molecule has 0 amide bonds. The second kappa shape index (κ2) is 4.81. The third kappa shape index (κ3) is 2.71. The van der Waals surface area contributed by atoms with Crippen LogP contribution in [0, 0.1) is 0 Å². The van der Waals surface area contributed by atoms with E-state index in [-0.39, 0.29) is 16.7 Å². The van der Waals surface area contributed by atoms with Gasteiger partial charge in [-0.2, -0.15) is 0 Å². The molecule has 7 heteroatoms. The van der Waals surface area contributed by atoms with Crippen molar-refractivity contribution in [1.82, 2.24) is 0 Å². The molecule has 2 rings (SSSR count). The Labute approximate surface area is 105 Å². The highest BCUT2D eigenvalue weighted by Crippen LogP contribution is 2.19. The first-order valence-electron chi connectivity index (χ1n) is 5.13. The summed E-state index contributed by atoms with van der Waals surface area (Å²) >= 11 is 0. The minimum Gasteiger partial charge on any atom is -0.482 e. The van der Waals surface area contributed by atoms with E-state index < -0.39 is 29.7 Å². The molecule has 0 radical (unpaired) electrons. The maximum atomic E-state index is 11.6. The highest BCUT2D eigenvalue weighted by atomic mass is 16.5. The highest BCUT2D eigenvalue weighted by Gasteiger charge is 2.11. The van der Waals surface area contributed by atoms with E-state index in [4.69, 9.17) is 19.4 Å². The summed E-state index contributed by atoms with van der Waals surface area (Å²) in [6, 6.07) is 4.93. The SMILES string of the molecule is O=C(O)COc1ccc2c(=O)cc(C(=O)O)oc2c1. The second-order valence-corrected chi connectivity index (χ2v) is 3.62. The number of hydrogen-bond acceptors (Lipinski definition) is 5. The molecule has 0 aliphatic rings. The predicted molar refractivity (Wildman–Crippen MR) is 62.6 cm³/mol. The number of benzene rings is 1. The molecule has 0 aliphatic heterocycles. The van der Waals surface area contributed by atoms with E-state index in [9.17, 15) is 14.4 Å². The Balaban J connectivity index is 2.48. The number of carboxylic acid groups (broad SMARTS) is 2. The average molecular weight is 264 g/mol. The fourth-order valence-electron chi connectivity index (χ4n) is 1.48. The molecule has 1 aromatic carbocycles. The van der Waals surface area contributed by atoms with Crippen LogP contribution in [0.4, 0.5) is 0 Å². The number of fused-ring (bicyclic) bond motifs is 1. The van der Waals surface area contributed by atoms with Crippen molar-refractivity contribution in [3.63, 3.8) is 0 Å². The van der Waals surface area contributed by atoms with Crippen LogP contribution in [0.5, 0.6) is 5.75 Å². The lowest BCUT2D eigenvalue weighted by atomic mass is 10.2. The first kappa shape index (κ1) is 12.6. The highest BCUT2D eigenvalue weighted by molar-refractivity contribution is 5.87. The first-order valence-corrected chi connectivity index (χ1v) is 5.13. The Morgan fingerprint density at radius 3 is 2.58 bits per heavy atom. The third-order valence-electron chi connectivity index (χ3n) is 2.27.